The predicted octanol–water partition coefficient (Wildman–Crippen LogP) is 6.92. The lowest BCUT2D eigenvalue weighted by molar-refractivity contribution is -0.116. The van der Waals surface area contributed by atoms with Gasteiger partial charge in [0.2, 0.25) is 5.91 Å². The van der Waals surface area contributed by atoms with Crippen LogP contribution in [0.15, 0.2) is 77.4 Å². The molecule has 0 bridgehead atoms. The summed E-state index contributed by atoms with van der Waals surface area (Å²) in [6.45, 7) is 4.84. The molecular weight excluding hydrogens is 462 g/mol. The van der Waals surface area contributed by atoms with E-state index < -0.39 is 0 Å². The minimum Gasteiger partial charge on any atom is -0.496 e. The van der Waals surface area contributed by atoms with Gasteiger partial charge in [-0.15, -0.1) is 0 Å². The largest absolute Gasteiger partial charge is 0.496 e. The molecule has 0 unspecified atom stereocenters. The highest BCUT2D eigenvalue weighted by Crippen LogP contribution is 2.37. The number of methoxy groups -OCH3 is 1. The molecule has 1 amide bonds. The summed E-state index contributed by atoms with van der Waals surface area (Å²) in [6, 6.07) is 19.3. The normalized spacial score (nSPS) is 11.5. The SMILES string of the molecule is CCOc1cc2occ(-c3ccc(Cl)cc3)c2cc1/C(C)=C/C(=O)NCCc1ccccc1OC. The Kier molecular flexibility index (Phi) is 7.78. The molecule has 1 N–H and O–H groups in total. The molecule has 5 nitrogen and oxygen atoms in total. The maximum Gasteiger partial charge on any atom is 0.244 e. The van der Waals surface area contributed by atoms with Gasteiger partial charge in [0.25, 0.3) is 0 Å². The molecule has 0 saturated heterocycles. The van der Waals surface area contributed by atoms with E-state index in [1.54, 1.807) is 19.4 Å². The number of furan rings is 1. The highest BCUT2D eigenvalue weighted by molar-refractivity contribution is 6.30. The number of amides is 1. The number of carbonyl (C=O) groups is 1. The van der Waals surface area contributed by atoms with E-state index in [0.29, 0.717) is 30.3 Å². The van der Waals surface area contributed by atoms with Crippen molar-refractivity contribution < 1.29 is 18.7 Å². The van der Waals surface area contributed by atoms with Gasteiger partial charge in [-0.25, -0.2) is 0 Å². The quantitative estimate of drug-likeness (QED) is 0.259. The first-order valence-corrected chi connectivity index (χ1v) is 11.9. The first-order chi connectivity index (χ1) is 17.0. The standard InChI is InChI=1S/C29H28ClNO4/c1-4-34-27-17-28-24(25(18-35-28)20-9-11-22(30)12-10-20)16-23(27)19(2)15-29(32)31-14-13-21-7-5-6-8-26(21)33-3/h5-12,15-18H,4,13-14H2,1-3H3,(H,31,32)/b19-15+. The Morgan fingerprint density at radius 3 is 2.60 bits per heavy atom. The van der Waals surface area contributed by atoms with Gasteiger partial charge in [-0.05, 0) is 61.2 Å². The fourth-order valence-corrected chi connectivity index (χ4v) is 4.17. The van der Waals surface area contributed by atoms with Crippen LogP contribution in [0.4, 0.5) is 0 Å². The number of hydrogen-bond donors (Lipinski definition) is 1. The van der Waals surface area contributed by atoms with E-state index in [4.69, 9.17) is 25.5 Å². The lowest BCUT2D eigenvalue weighted by Crippen LogP contribution is -2.24. The lowest BCUT2D eigenvalue weighted by atomic mass is 9.99. The molecule has 0 saturated carbocycles. The van der Waals surface area contributed by atoms with Crippen LogP contribution < -0.4 is 14.8 Å². The highest BCUT2D eigenvalue weighted by Gasteiger charge is 2.15. The fourth-order valence-electron chi connectivity index (χ4n) is 4.05. The molecule has 4 aromatic rings. The van der Waals surface area contributed by atoms with Gasteiger partial charge in [-0.3, -0.25) is 4.79 Å². The maximum absolute atomic E-state index is 12.7. The van der Waals surface area contributed by atoms with E-state index in [-0.39, 0.29) is 5.91 Å². The van der Waals surface area contributed by atoms with E-state index >= 15 is 0 Å². The van der Waals surface area contributed by atoms with Crippen LogP contribution in [0.5, 0.6) is 11.5 Å². The molecule has 0 aliphatic rings. The molecule has 0 radical (unpaired) electrons. The maximum atomic E-state index is 12.7. The molecule has 0 aliphatic carbocycles. The molecule has 4 rings (SSSR count). The summed E-state index contributed by atoms with van der Waals surface area (Å²) >= 11 is 6.06. The van der Waals surface area contributed by atoms with Gasteiger partial charge in [-0.1, -0.05) is 41.9 Å². The number of ether oxygens (including phenoxy) is 2. The average Bonchev–Trinajstić information content (AvgIpc) is 3.27. The Morgan fingerprint density at radius 2 is 1.86 bits per heavy atom. The second-order valence-electron chi connectivity index (χ2n) is 8.11. The second kappa shape index (κ2) is 11.2. The van der Waals surface area contributed by atoms with Gasteiger partial charge >= 0.3 is 0 Å². The van der Waals surface area contributed by atoms with Gasteiger partial charge in [0.15, 0.2) is 0 Å². The van der Waals surface area contributed by atoms with Crippen LogP contribution >= 0.6 is 11.6 Å². The molecule has 0 atom stereocenters. The number of para-hydroxylation sites is 1. The molecule has 0 fully saturated rings. The molecule has 1 aromatic heterocycles. The zero-order valence-electron chi connectivity index (χ0n) is 20.1. The summed E-state index contributed by atoms with van der Waals surface area (Å²) in [6.07, 6.45) is 4.02. The molecule has 1 heterocycles. The van der Waals surface area contributed by atoms with Crippen molar-refractivity contribution in [2.75, 3.05) is 20.3 Å². The summed E-state index contributed by atoms with van der Waals surface area (Å²) in [4.78, 5) is 12.7. The number of rotatable bonds is 9. The van der Waals surface area contributed by atoms with Gasteiger partial charge < -0.3 is 19.2 Å². The predicted molar refractivity (Wildman–Crippen MR) is 141 cm³/mol. The average molecular weight is 490 g/mol. The number of halogens is 1. The van der Waals surface area contributed by atoms with Crippen LogP contribution in [-0.4, -0.2) is 26.2 Å². The minimum absolute atomic E-state index is 0.162. The third-order valence-corrected chi connectivity index (χ3v) is 6.04. The summed E-state index contributed by atoms with van der Waals surface area (Å²) in [7, 11) is 1.65. The zero-order chi connectivity index (χ0) is 24.8. The Balaban J connectivity index is 1.57. The monoisotopic (exact) mass is 489 g/mol. The highest BCUT2D eigenvalue weighted by atomic mass is 35.5. The second-order valence-corrected chi connectivity index (χ2v) is 8.55. The number of carbonyl (C=O) groups excluding carboxylic acids is 1. The Bertz CT molecular complexity index is 1360. The van der Waals surface area contributed by atoms with E-state index in [2.05, 4.69) is 5.32 Å². The molecule has 0 spiro atoms. The zero-order valence-corrected chi connectivity index (χ0v) is 20.8. The fraction of sp³-hybridized carbons (Fsp3) is 0.207. The van der Waals surface area contributed by atoms with Gasteiger partial charge in [0, 0.05) is 40.2 Å². The molecule has 35 heavy (non-hydrogen) atoms. The topological polar surface area (TPSA) is 60.7 Å². The van der Waals surface area contributed by atoms with E-state index in [1.807, 2.05) is 74.5 Å². The summed E-state index contributed by atoms with van der Waals surface area (Å²) in [5.41, 5.74) is 5.37. The van der Waals surface area contributed by atoms with Crippen molar-refractivity contribution in [1.29, 1.82) is 0 Å². The van der Waals surface area contributed by atoms with Crippen molar-refractivity contribution in [3.05, 3.63) is 89.2 Å². The van der Waals surface area contributed by atoms with Crippen LogP contribution in [0, 0.1) is 0 Å². The van der Waals surface area contributed by atoms with Crippen LogP contribution in [0.2, 0.25) is 5.02 Å². The van der Waals surface area contributed by atoms with Crippen molar-refractivity contribution in [2.45, 2.75) is 20.3 Å². The number of hydrogen-bond acceptors (Lipinski definition) is 4. The Hall–Kier alpha value is -3.70. The summed E-state index contributed by atoms with van der Waals surface area (Å²) in [5.74, 6) is 1.33. The smallest absolute Gasteiger partial charge is 0.244 e. The molecule has 6 heteroatoms. The molecule has 180 valence electrons. The number of benzene rings is 3. The molecule has 0 aliphatic heterocycles. The third-order valence-electron chi connectivity index (χ3n) is 5.79. The third kappa shape index (κ3) is 5.69. The van der Waals surface area contributed by atoms with Crippen LogP contribution in [0.1, 0.15) is 25.0 Å². The minimum atomic E-state index is -0.162. The number of allylic oxidation sites excluding steroid dienone is 1. The van der Waals surface area contributed by atoms with Crippen molar-refractivity contribution in [2.24, 2.45) is 0 Å². The summed E-state index contributed by atoms with van der Waals surface area (Å²) in [5, 5.41) is 4.58. The number of nitrogens with one attached hydrogen (secondary N) is 1. The van der Waals surface area contributed by atoms with Gasteiger partial charge in [-0.2, -0.15) is 0 Å². The van der Waals surface area contributed by atoms with Crippen molar-refractivity contribution >= 4 is 34.1 Å². The van der Waals surface area contributed by atoms with Crippen molar-refractivity contribution in [3.63, 3.8) is 0 Å². The van der Waals surface area contributed by atoms with Crippen LogP contribution in [0.3, 0.4) is 0 Å². The van der Waals surface area contributed by atoms with E-state index in [9.17, 15) is 4.79 Å². The van der Waals surface area contributed by atoms with Gasteiger partial charge in [0.1, 0.15) is 17.1 Å². The van der Waals surface area contributed by atoms with Crippen molar-refractivity contribution in [3.8, 4) is 22.6 Å². The Morgan fingerprint density at radius 1 is 1.09 bits per heavy atom. The van der Waals surface area contributed by atoms with E-state index in [0.717, 1.165) is 44.5 Å². The molecular formula is C29H28ClNO4. The first kappa shape index (κ1) is 24.4. The van der Waals surface area contributed by atoms with E-state index in [1.165, 1.54) is 0 Å². The summed E-state index contributed by atoms with van der Waals surface area (Å²) < 4.78 is 17.1. The van der Waals surface area contributed by atoms with Crippen LogP contribution in [0.25, 0.3) is 27.7 Å². The molecule has 3 aromatic carbocycles. The van der Waals surface area contributed by atoms with Gasteiger partial charge in [0.05, 0.1) is 20.0 Å². The van der Waals surface area contributed by atoms with Crippen LogP contribution in [-0.2, 0) is 11.2 Å². The number of fused-ring (bicyclic) bond motifs is 1. The lowest BCUT2D eigenvalue weighted by Gasteiger charge is -2.12. The first-order valence-electron chi connectivity index (χ1n) is 11.5. The Labute approximate surface area is 210 Å². The van der Waals surface area contributed by atoms with Crippen molar-refractivity contribution in [1.82, 2.24) is 5.32 Å².